The summed E-state index contributed by atoms with van der Waals surface area (Å²) in [5.74, 6) is 1.37. The Morgan fingerprint density at radius 3 is 2.15 bits per heavy atom. The van der Waals surface area contributed by atoms with Gasteiger partial charge in [-0.2, -0.15) is 4.21 Å². The van der Waals surface area contributed by atoms with Crippen molar-refractivity contribution in [1.82, 2.24) is 0 Å². The van der Waals surface area contributed by atoms with Gasteiger partial charge >= 0.3 is 11.4 Å². The molecule has 0 aromatic heterocycles. The van der Waals surface area contributed by atoms with E-state index in [0.717, 1.165) is 22.3 Å². The number of rotatable bonds is 0. The first kappa shape index (κ1) is 20.3. The normalized spacial score (nSPS) is 30.1. The maximum Gasteiger partial charge on any atom is 0.417 e. The van der Waals surface area contributed by atoms with Gasteiger partial charge in [-0.3, -0.25) is 0 Å². The molecule has 0 radical (unpaired) electrons. The smallest absolute Gasteiger partial charge is 0.374 e. The van der Waals surface area contributed by atoms with Crippen molar-refractivity contribution in [3.63, 3.8) is 0 Å². The fourth-order valence-corrected chi connectivity index (χ4v) is 5.13. The Morgan fingerprint density at radius 2 is 1.56 bits per heavy atom. The molecule has 0 N–H and O–H groups in total. The van der Waals surface area contributed by atoms with Crippen LogP contribution in [0.15, 0.2) is 67.9 Å². The van der Waals surface area contributed by atoms with Crippen molar-refractivity contribution in [2.24, 2.45) is 10.8 Å². The van der Waals surface area contributed by atoms with Crippen LogP contribution in [0.1, 0.15) is 55.4 Å². The van der Waals surface area contributed by atoms with Gasteiger partial charge in [0, 0.05) is 15.9 Å². The number of hydrogen-bond donors (Lipinski definition) is 0. The third kappa shape index (κ3) is 4.04. The average molecular weight is 405 g/mol. The second kappa shape index (κ2) is 6.85. The van der Waals surface area contributed by atoms with Crippen molar-refractivity contribution in [2.75, 3.05) is 0 Å². The van der Waals surface area contributed by atoms with Crippen LogP contribution in [0.2, 0.25) is 0 Å². The molecule has 0 saturated carbocycles. The lowest BCUT2D eigenvalue weighted by atomic mass is 9.77. The van der Waals surface area contributed by atoms with Crippen molar-refractivity contribution in [3.8, 4) is 0 Å². The van der Waals surface area contributed by atoms with Crippen molar-refractivity contribution in [3.05, 3.63) is 67.9 Å². The first-order valence-electron chi connectivity index (χ1n) is 9.12. The summed E-state index contributed by atoms with van der Waals surface area (Å²) in [5, 5.41) is 2.16. The lowest BCUT2D eigenvalue weighted by Gasteiger charge is -2.35. The van der Waals surface area contributed by atoms with E-state index in [9.17, 15) is 4.21 Å². The van der Waals surface area contributed by atoms with Crippen molar-refractivity contribution in [1.29, 1.82) is 0 Å². The molecule has 3 aliphatic rings. The fourth-order valence-electron chi connectivity index (χ4n) is 3.39. The monoisotopic (exact) mass is 404 g/mol. The van der Waals surface area contributed by atoms with Crippen LogP contribution < -0.4 is 0 Å². The van der Waals surface area contributed by atoms with Gasteiger partial charge in [0.2, 0.25) is 0 Å². The molecule has 5 heteroatoms. The van der Waals surface area contributed by atoms with Gasteiger partial charge < -0.3 is 8.37 Å². The van der Waals surface area contributed by atoms with E-state index in [-0.39, 0.29) is 10.8 Å². The van der Waals surface area contributed by atoms with Gasteiger partial charge in [-0.25, -0.2) is 0 Å². The number of thioether (sulfide) groups is 1. The molecule has 27 heavy (non-hydrogen) atoms. The summed E-state index contributed by atoms with van der Waals surface area (Å²) in [4.78, 5) is 1.18. The Balaban J connectivity index is 2.47. The summed E-state index contributed by atoms with van der Waals surface area (Å²) in [6.45, 7) is 16.9. The molecule has 0 aromatic carbocycles. The second-order valence-electron chi connectivity index (χ2n) is 9.25. The topological polar surface area (TPSA) is 35.5 Å². The summed E-state index contributed by atoms with van der Waals surface area (Å²) in [6.07, 6.45) is 6.50. The molecule has 3 rings (SSSR count). The van der Waals surface area contributed by atoms with E-state index in [1.807, 2.05) is 0 Å². The Kier molecular flexibility index (Phi) is 5.15. The van der Waals surface area contributed by atoms with Crippen molar-refractivity contribution >= 4 is 23.1 Å². The molecule has 2 aliphatic heterocycles. The summed E-state index contributed by atoms with van der Waals surface area (Å²) >= 11 is -0.124. The van der Waals surface area contributed by atoms with Crippen LogP contribution in [0.4, 0.5) is 0 Å². The molecular weight excluding hydrogens is 376 g/mol. The van der Waals surface area contributed by atoms with Crippen LogP contribution in [-0.2, 0) is 19.7 Å². The van der Waals surface area contributed by atoms with Crippen LogP contribution in [0.5, 0.6) is 0 Å². The first-order valence-corrected chi connectivity index (χ1v) is 11.0. The van der Waals surface area contributed by atoms with E-state index in [4.69, 9.17) is 8.37 Å². The highest BCUT2D eigenvalue weighted by molar-refractivity contribution is 8.06. The Morgan fingerprint density at radius 1 is 0.889 bits per heavy atom. The molecular formula is C22H28O3S2. The van der Waals surface area contributed by atoms with E-state index in [1.165, 1.54) is 10.5 Å². The number of hydrogen-bond acceptors (Lipinski definition) is 4. The van der Waals surface area contributed by atoms with Gasteiger partial charge in [-0.15, -0.1) is 0 Å². The van der Waals surface area contributed by atoms with Crippen LogP contribution in [0.3, 0.4) is 0 Å². The second-order valence-corrected chi connectivity index (χ2v) is 10.9. The van der Waals surface area contributed by atoms with Gasteiger partial charge in [0.25, 0.3) is 0 Å². The number of allylic oxidation sites excluding steroid dienone is 8. The minimum atomic E-state index is -1.85. The summed E-state index contributed by atoms with van der Waals surface area (Å²) in [5.41, 5.74) is 4.90. The van der Waals surface area contributed by atoms with Gasteiger partial charge in [-0.1, -0.05) is 53.3 Å². The molecule has 0 amide bonds. The highest BCUT2D eigenvalue weighted by atomic mass is 32.2. The zero-order valence-electron chi connectivity index (χ0n) is 17.4. The Labute approximate surface area is 169 Å². The summed E-state index contributed by atoms with van der Waals surface area (Å²) in [7, 11) is 0. The molecule has 3 nitrogen and oxygen atoms in total. The summed E-state index contributed by atoms with van der Waals surface area (Å²) < 4.78 is 24.0. The van der Waals surface area contributed by atoms with Gasteiger partial charge in [-0.05, 0) is 59.6 Å². The molecule has 1 unspecified atom stereocenters. The quantitative estimate of drug-likeness (QED) is 0.454. The minimum Gasteiger partial charge on any atom is -0.374 e. The van der Waals surface area contributed by atoms with Crippen LogP contribution >= 0.6 is 11.8 Å². The van der Waals surface area contributed by atoms with Gasteiger partial charge in [0.1, 0.15) is 5.76 Å². The van der Waals surface area contributed by atoms with E-state index in [0.29, 0.717) is 11.5 Å². The van der Waals surface area contributed by atoms with E-state index < -0.39 is 11.4 Å². The van der Waals surface area contributed by atoms with Crippen LogP contribution in [-0.4, -0.2) is 4.21 Å². The van der Waals surface area contributed by atoms with Crippen LogP contribution in [0, 0.1) is 10.8 Å². The van der Waals surface area contributed by atoms with Crippen LogP contribution in [0.25, 0.3) is 0 Å². The molecule has 2 heterocycles. The average Bonchev–Trinajstić information content (AvgIpc) is 2.48. The predicted molar refractivity (Wildman–Crippen MR) is 115 cm³/mol. The predicted octanol–water partition coefficient (Wildman–Crippen LogP) is 6.63. The molecule has 0 spiro atoms. The minimum absolute atomic E-state index is 0.201. The fraction of sp³-hybridized carbons (Fsp3) is 0.455. The molecule has 146 valence electrons. The number of fused-ring (bicyclic) bond motifs is 2. The molecule has 1 atom stereocenters. The SMILES string of the molecule is CC1=CS/C2=C/C(C)=C\C3=C(C(C)(C)C)OS(=O)O/C3=C(\C(C)(C)C)C2=C1. The maximum atomic E-state index is 12.5. The highest BCUT2D eigenvalue weighted by Gasteiger charge is 2.39. The van der Waals surface area contributed by atoms with Gasteiger partial charge in [0.15, 0.2) is 5.76 Å². The zero-order chi connectivity index (χ0) is 20.1. The third-order valence-corrected chi connectivity index (χ3v) is 6.15. The first-order chi connectivity index (χ1) is 12.4. The highest BCUT2D eigenvalue weighted by Crippen LogP contribution is 2.49. The lowest BCUT2D eigenvalue weighted by molar-refractivity contribution is 0.248. The Hall–Kier alpha value is -1.46. The molecule has 0 saturated heterocycles. The Bertz CT molecular complexity index is 895. The standard InChI is InChI=1S/C22H28O3S2/c1-13-9-16-19(24-27(23)25-20(16)22(6,7)8)18(21(3,4)5)15-10-14(2)12-26-17(15)11-13/h9-12H,1-8H3/b13-9-,17-11+,19-18-. The molecule has 0 aromatic rings. The van der Waals surface area contributed by atoms with E-state index in [2.05, 4.69) is 79.0 Å². The maximum absolute atomic E-state index is 12.5. The third-order valence-electron chi connectivity index (χ3n) is 4.46. The summed E-state index contributed by atoms with van der Waals surface area (Å²) in [6, 6.07) is 0. The molecule has 0 fully saturated rings. The van der Waals surface area contributed by atoms with Crippen molar-refractivity contribution < 1.29 is 12.6 Å². The van der Waals surface area contributed by atoms with Crippen molar-refractivity contribution in [2.45, 2.75) is 55.4 Å². The van der Waals surface area contributed by atoms with E-state index >= 15 is 0 Å². The molecule has 1 aliphatic carbocycles. The van der Waals surface area contributed by atoms with E-state index in [1.54, 1.807) is 11.8 Å². The largest absolute Gasteiger partial charge is 0.417 e. The zero-order valence-corrected chi connectivity index (χ0v) is 19.0. The van der Waals surface area contributed by atoms with Gasteiger partial charge in [0.05, 0.1) is 5.57 Å². The lowest BCUT2D eigenvalue weighted by Crippen LogP contribution is -2.26. The molecule has 0 bridgehead atoms.